The molecule has 0 unspecified atom stereocenters. The molecule has 0 fully saturated rings. The third-order valence-corrected chi connectivity index (χ3v) is 7.36. The van der Waals surface area contributed by atoms with Gasteiger partial charge in [0.05, 0.1) is 23.4 Å². The molecule has 190 valence electrons. The zero-order chi connectivity index (χ0) is 26.0. The fourth-order valence-corrected chi connectivity index (χ4v) is 4.98. The van der Waals surface area contributed by atoms with Gasteiger partial charge in [0.2, 0.25) is 0 Å². The maximum atomic E-state index is 13.6. The first-order valence-electron chi connectivity index (χ1n) is 12.1. The number of nitrogens with zero attached hydrogens (tertiary/aromatic N) is 2. The third-order valence-electron chi connectivity index (χ3n) is 5.59. The van der Waals surface area contributed by atoms with Crippen LogP contribution in [0, 0.1) is 6.92 Å². The van der Waals surface area contributed by atoms with Gasteiger partial charge in [-0.3, -0.25) is 9.10 Å². The maximum Gasteiger partial charge on any atom is 0.264 e. The number of anilines is 1. The Hall–Kier alpha value is -3.65. The van der Waals surface area contributed by atoms with Crippen LogP contribution in [0.1, 0.15) is 43.4 Å². The van der Waals surface area contributed by atoms with Crippen LogP contribution < -0.4 is 14.5 Å². The average Bonchev–Trinajstić information content (AvgIpc) is 2.88. The van der Waals surface area contributed by atoms with Gasteiger partial charge in [-0.05, 0) is 73.4 Å². The second-order valence-electron chi connectivity index (χ2n) is 8.37. The fraction of sp³-hybridized carbons (Fsp3) is 0.286. The number of para-hydroxylation sites is 1. The van der Waals surface area contributed by atoms with E-state index in [1.165, 1.54) is 6.21 Å². The van der Waals surface area contributed by atoms with E-state index in [1.807, 2.05) is 50.2 Å². The molecule has 0 spiro atoms. The summed E-state index contributed by atoms with van der Waals surface area (Å²) in [6.07, 6.45) is 4.19. The minimum absolute atomic E-state index is 0.122. The fourth-order valence-electron chi connectivity index (χ4n) is 3.52. The molecule has 0 saturated heterocycles. The Labute approximate surface area is 213 Å². The van der Waals surface area contributed by atoms with Crippen LogP contribution in [0.5, 0.6) is 5.75 Å². The number of amides is 1. The first-order chi connectivity index (χ1) is 17.3. The average molecular weight is 508 g/mol. The zero-order valence-corrected chi connectivity index (χ0v) is 21.8. The molecule has 0 radical (unpaired) electrons. The van der Waals surface area contributed by atoms with E-state index in [4.69, 9.17) is 4.74 Å². The smallest absolute Gasteiger partial charge is 0.264 e. The Morgan fingerprint density at radius 2 is 1.69 bits per heavy atom. The van der Waals surface area contributed by atoms with Crippen molar-refractivity contribution < 1.29 is 17.9 Å². The summed E-state index contributed by atoms with van der Waals surface area (Å²) in [5, 5.41) is 4.02. The molecule has 1 amide bonds. The number of hydrazone groups is 1. The molecule has 8 heteroatoms. The van der Waals surface area contributed by atoms with Crippen molar-refractivity contribution in [1.29, 1.82) is 0 Å². The molecule has 0 saturated carbocycles. The van der Waals surface area contributed by atoms with E-state index < -0.39 is 22.5 Å². The molecule has 0 atom stereocenters. The number of rotatable bonds is 12. The van der Waals surface area contributed by atoms with Gasteiger partial charge in [-0.15, -0.1) is 0 Å². The normalized spacial score (nSPS) is 11.4. The first kappa shape index (κ1) is 26.9. The monoisotopic (exact) mass is 507 g/mol. The van der Waals surface area contributed by atoms with Crippen LogP contribution in [0.4, 0.5) is 5.69 Å². The number of nitrogens with one attached hydrogen (secondary N) is 1. The summed E-state index contributed by atoms with van der Waals surface area (Å²) in [7, 11) is -3.98. The van der Waals surface area contributed by atoms with Gasteiger partial charge >= 0.3 is 0 Å². The summed E-state index contributed by atoms with van der Waals surface area (Å²) in [5.41, 5.74) is 5.47. The van der Waals surface area contributed by atoms with Crippen LogP contribution in [0.3, 0.4) is 0 Å². The molecule has 3 rings (SSSR count). The molecule has 3 aromatic rings. The van der Waals surface area contributed by atoms with E-state index in [1.54, 1.807) is 36.4 Å². The predicted octanol–water partition coefficient (Wildman–Crippen LogP) is 5.08. The Bertz CT molecular complexity index is 1270. The summed E-state index contributed by atoms with van der Waals surface area (Å²) >= 11 is 0. The van der Waals surface area contributed by atoms with E-state index in [2.05, 4.69) is 17.5 Å². The second kappa shape index (κ2) is 12.9. The molecule has 0 heterocycles. The van der Waals surface area contributed by atoms with Crippen molar-refractivity contribution >= 4 is 27.8 Å². The quantitative estimate of drug-likeness (QED) is 0.210. The van der Waals surface area contributed by atoms with Crippen molar-refractivity contribution in [3.8, 4) is 5.75 Å². The van der Waals surface area contributed by atoms with Gasteiger partial charge in [0.1, 0.15) is 12.3 Å². The standard InChI is InChI=1S/C28H33N3O4S/c1-4-6-19-35-25-15-13-23(14-16-25)20-29-30-28(32)21-31(27-10-8-7-9-24(27)5-2)36(33,34)26-17-11-22(3)12-18-26/h7-18,20H,4-6,19,21H2,1-3H3,(H,30,32)/b29-20-. The highest BCUT2D eigenvalue weighted by Crippen LogP contribution is 2.27. The first-order valence-corrected chi connectivity index (χ1v) is 13.5. The Morgan fingerprint density at radius 1 is 1.00 bits per heavy atom. The summed E-state index contributed by atoms with van der Waals surface area (Å²) in [6.45, 7) is 6.20. The van der Waals surface area contributed by atoms with Crippen LogP contribution in [0.15, 0.2) is 82.8 Å². The van der Waals surface area contributed by atoms with Gasteiger partial charge in [-0.1, -0.05) is 56.2 Å². The van der Waals surface area contributed by atoms with E-state index in [0.29, 0.717) is 18.7 Å². The van der Waals surface area contributed by atoms with Crippen molar-refractivity contribution in [1.82, 2.24) is 5.43 Å². The summed E-state index contributed by atoms with van der Waals surface area (Å²) in [5.74, 6) is 0.226. The highest BCUT2D eigenvalue weighted by atomic mass is 32.2. The minimum Gasteiger partial charge on any atom is -0.494 e. The van der Waals surface area contributed by atoms with Gasteiger partial charge in [0.25, 0.3) is 15.9 Å². The number of carbonyl (C=O) groups is 1. The van der Waals surface area contributed by atoms with E-state index in [-0.39, 0.29) is 4.90 Å². The number of carbonyl (C=O) groups excluding carboxylic acids is 1. The van der Waals surface area contributed by atoms with Crippen molar-refractivity contribution in [3.63, 3.8) is 0 Å². The number of ether oxygens (including phenoxy) is 1. The number of hydrogen-bond acceptors (Lipinski definition) is 5. The van der Waals surface area contributed by atoms with Gasteiger partial charge in [-0.2, -0.15) is 5.10 Å². The lowest BCUT2D eigenvalue weighted by atomic mass is 10.1. The molecule has 3 aromatic carbocycles. The number of aryl methyl sites for hydroxylation is 2. The summed E-state index contributed by atoms with van der Waals surface area (Å²) in [6, 6.07) is 21.1. The Morgan fingerprint density at radius 3 is 2.36 bits per heavy atom. The minimum atomic E-state index is -3.98. The molecular formula is C28H33N3O4S. The van der Waals surface area contributed by atoms with Gasteiger partial charge in [-0.25, -0.2) is 13.8 Å². The van der Waals surface area contributed by atoms with Gasteiger partial charge < -0.3 is 4.74 Å². The van der Waals surface area contributed by atoms with Crippen molar-refractivity contribution in [2.24, 2.45) is 5.10 Å². The molecular weight excluding hydrogens is 474 g/mol. The maximum absolute atomic E-state index is 13.6. The molecule has 0 aliphatic rings. The SMILES string of the molecule is CCCCOc1ccc(/C=N\NC(=O)CN(c2ccccc2CC)S(=O)(=O)c2ccc(C)cc2)cc1. The van der Waals surface area contributed by atoms with E-state index in [0.717, 1.165) is 39.6 Å². The van der Waals surface area contributed by atoms with Crippen LogP contribution in [-0.2, 0) is 21.2 Å². The lowest BCUT2D eigenvalue weighted by molar-refractivity contribution is -0.119. The Balaban J connectivity index is 1.75. The third kappa shape index (κ3) is 7.18. The number of sulfonamides is 1. The van der Waals surface area contributed by atoms with Crippen molar-refractivity contribution in [2.45, 2.75) is 44.9 Å². The van der Waals surface area contributed by atoms with Crippen LogP contribution in [0.25, 0.3) is 0 Å². The van der Waals surface area contributed by atoms with Gasteiger partial charge in [0, 0.05) is 0 Å². The van der Waals surface area contributed by atoms with Crippen molar-refractivity contribution in [2.75, 3.05) is 17.5 Å². The number of benzene rings is 3. The predicted molar refractivity (Wildman–Crippen MR) is 144 cm³/mol. The lowest BCUT2D eigenvalue weighted by Gasteiger charge is -2.25. The number of hydrogen-bond donors (Lipinski definition) is 1. The van der Waals surface area contributed by atoms with Crippen molar-refractivity contribution in [3.05, 3.63) is 89.5 Å². The number of unbranched alkanes of at least 4 members (excludes halogenated alkanes) is 1. The summed E-state index contributed by atoms with van der Waals surface area (Å²) in [4.78, 5) is 12.9. The lowest BCUT2D eigenvalue weighted by Crippen LogP contribution is -2.40. The van der Waals surface area contributed by atoms with Crippen LogP contribution in [0.2, 0.25) is 0 Å². The molecule has 0 aromatic heterocycles. The highest BCUT2D eigenvalue weighted by Gasteiger charge is 2.28. The van der Waals surface area contributed by atoms with Crippen LogP contribution >= 0.6 is 0 Å². The molecule has 0 bridgehead atoms. The van der Waals surface area contributed by atoms with Crippen LogP contribution in [-0.4, -0.2) is 33.7 Å². The largest absolute Gasteiger partial charge is 0.494 e. The zero-order valence-electron chi connectivity index (χ0n) is 21.0. The van der Waals surface area contributed by atoms with Gasteiger partial charge in [0.15, 0.2) is 0 Å². The Kier molecular flexibility index (Phi) is 9.64. The molecule has 0 aliphatic heterocycles. The molecule has 7 nitrogen and oxygen atoms in total. The van der Waals surface area contributed by atoms with E-state index >= 15 is 0 Å². The topological polar surface area (TPSA) is 88.1 Å². The second-order valence-corrected chi connectivity index (χ2v) is 10.2. The molecule has 36 heavy (non-hydrogen) atoms. The van der Waals surface area contributed by atoms with E-state index in [9.17, 15) is 13.2 Å². The summed E-state index contributed by atoms with van der Waals surface area (Å²) < 4.78 is 33.9. The molecule has 0 aliphatic carbocycles. The molecule has 1 N–H and O–H groups in total. The highest BCUT2D eigenvalue weighted by molar-refractivity contribution is 7.92.